The van der Waals surface area contributed by atoms with E-state index in [0.29, 0.717) is 0 Å². The van der Waals surface area contributed by atoms with E-state index < -0.39 is 0 Å². The summed E-state index contributed by atoms with van der Waals surface area (Å²) < 4.78 is 2.16. The van der Waals surface area contributed by atoms with Crippen LogP contribution in [-0.2, 0) is 4.79 Å². The van der Waals surface area contributed by atoms with E-state index in [4.69, 9.17) is 5.11 Å². The maximum Gasteiger partial charge on any atom is 0.248 e. The first-order valence-corrected chi connectivity index (χ1v) is 9.29. The van der Waals surface area contributed by atoms with Crippen molar-refractivity contribution in [2.45, 2.75) is 6.04 Å². The minimum Gasteiger partial charge on any atom is -0.395 e. The number of halogens is 1. The summed E-state index contributed by atoms with van der Waals surface area (Å²) in [5, 5.41) is 11.5. The Hall–Kier alpha value is -0.570. The summed E-state index contributed by atoms with van der Waals surface area (Å²) in [5.74, 6) is -0.101. The first-order valence-electron chi connectivity index (χ1n) is 5.97. The van der Waals surface area contributed by atoms with Gasteiger partial charge in [0.05, 0.1) is 12.6 Å². The van der Waals surface area contributed by atoms with E-state index in [9.17, 15) is 4.79 Å². The molecular weight excluding hydrogens is 375 g/mol. The predicted octanol–water partition coefficient (Wildman–Crippen LogP) is 2.08. The van der Waals surface area contributed by atoms with Gasteiger partial charge in [0.1, 0.15) is 0 Å². The second-order valence-electron chi connectivity index (χ2n) is 4.12. The van der Waals surface area contributed by atoms with Crippen LogP contribution in [0.4, 0.5) is 0 Å². The summed E-state index contributed by atoms with van der Waals surface area (Å²) in [7, 11) is 1.60. The first kappa shape index (κ1) is 14.8. The Kier molecular flexibility index (Phi) is 5.68. The molecule has 0 aromatic heterocycles. The summed E-state index contributed by atoms with van der Waals surface area (Å²) in [5.41, 5.74) is 1.86. The molecule has 1 aliphatic rings. The van der Waals surface area contributed by atoms with Crippen LogP contribution >= 0.6 is 30.3 Å². The van der Waals surface area contributed by atoms with Gasteiger partial charge in [-0.15, -0.1) is 0 Å². The van der Waals surface area contributed by atoms with E-state index in [-0.39, 0.29) is 25.1 Å². The van der Waals surface area contributed by atoms with Gasteiger partial charge >= 0.3 is 0 Å². The fourth-order valence-corrected chi connectivity index (χ4v) is 3.71. The summed E-state index contributed by atoms with van der Waals surface area (Å²) in [6.07, 6.45) is 1.95. The van der Waals surface area contributed by atoms with E-state index in [0.717, 1.165) is 17.7 Å². The number of hydrogen-bond acceptors (Lipinski definition) is 4. The molecule has 1 unspecified atom stereocenters. The second-order valence-corrected chi connectivity index (χ2v) is 5.91. The maximum absolute atomic E-state index is 12.1. The average molecular weight is 390 g/mol. The number of carbonyl (C=O) groups excluding carboxylic acids is 1. The van der Waals surface area contributed by atoms with Crippen molar-refractivity contribution in [1.82, 2.24) is 9.62 Å². The monoisotopic (exact) mass is 390 g/mol. The van der Waals surface area contributed by atoms with Gasteiger partial charge in [0, 0.05) is 39.9 Å². The number of nitrogens with zero attached hydrogens (tertiary/aromatic N) is 1. The lowest BCUT2D eigenvalue weighted by Crippen LogP contribution is -2.31. The SMILES string of the molecule is O=C(NCCO)C1=CCN(SI)C1c1ccccc1. The Bertz CT molecular complexity index is 467. The van der Waals surface area contributed by atoms with Gasteiger partial charge in [-0.05, 0) is 14.7 Å². The maximum atomic E-state index is 12.1. The molecule has 1 amide bonds. The molecule has 0 fully saturated rings. The molecule has 2 rings (SSSR count). The number of hydrogen-bond donors (Lipinski definition) is 2. The third kappa shape index (κ3) is 3.50. The Morgan fingerprint density at radius 3 is 2.84 bits per heavy atom. The molecule has 6 heteroatoms. The molecule has 0 spiro atoms. The van der Waals surface area contributed by atoms with Crippen molar-refractivity contribution in [3.8, 4) is 0 Å². The van der Waals surface area contributed by atoms with E-state index in [1.807, 2.05) is 36.4 Å². The van der Waals surface area contributed by atoms with Gasteiger partial charge in [-0.1, -0.05) is 36.4 Å². The minimum absolute atomic E-state index is 0.0261. The lowest BCUT2D eigenvalue weighted by molar-refractivity contribution is -0.118. The highest BCUT2D eigenvalue weighted by atomic mass is 127. The van der Waals surface area contributed by atoms with Crippen molar-refractivity contribution in [2.75, 3.05) is 19.7 Å². The third-order valence-corrected chi connectivity index (χ3v) is 4.99. The van der Waals surface area contributed by atoms with Gasteiger partial charge in [0.25, 0.3) is 0 Å². The molecule has 0 saturated heterocycles. The molecule has 1 atom stereocenters. The molecule has 1 heterocycles. The van der Waals surface area contributed by atoms with Crippen molar-refractivity contribution in [2.24, 2.45) is 0 Å². The Balaban J connectivity index is 2.20. The summed E-state index contributed by atoms with van der Waals surface area (Å²) in [4.78, 5) is 12.1. The molecule has 4 nitrogen and oxygen atoms in total. The zero-order valence-corrected chi connectivity index (χ0v) is 13.2. The van der Waals surface area contributed by atoms with Crippen LogP contribution in [-0.4, -0.2) is 35.0 Å². The van der Waals surface area contributed by atoms with Crippen molar-refractivity contribution in [3.05, 3.63) is 47.5 Å². The highest BCUT2D eigenvalue weighted by Gasteiger charge is 2.32. The van der Waals surface area contributed by atoms with Gasteiger partial charge in [-0.3, -0.25) is 4.79 Å². The van der Waals surface area contributed by atoms with Crippen LogP contribution in [0.5, 0.6) is 0 Å². The second kappa shape index (κ2) is 7.28. The molecule has 0 bridgehead atoms. The fourth-order valence-electron chi connectivity index (χ4n) is 2.10. The van der Waals surface area contributed by atoms with E-state index in [2.05, 4.69) is 30.8 Å². The molecule has 1 aromatic rings. The standard InChI is InChI=1S/C13H15IN2O2S/c14-19-16-8-6-11(13(18)15-7-9-17)12(16)10-4-2-1-3-5-10/h1-6,12,17H,7-9H2,(H,15,18). The van der Waals surface area contributed by atoms with Crippen LogP contribution in [0.15, 0.2) is 42.0 Å². The van der Waals surface area contributed by atoms with Crippen LogP contribution in [0.25, 0.3) is 0 Å². The van der Waals surface area contributed by atoms with E-state index >= 15 is 0 Å². The highest BCUT2D eigenvalue weighted by Crippen LogP contribution is 2.40. The van der Waals surface area contributed by atoms with Gasteiger partial charge in [-0.2, -0.15) is 0 Å². The molecule has 0 aliphatic carbocycles. The lowest BCUT2D eigenvalue weighted by Gasteiger charge is -2.23. The largest absolute Gasteiger partial charge is 0.395 e. The quantitative estimate of drug-likeness (QED) is 0.597. The third-order valence-electron chi connectivity index (χ3n) is 2.94. The Morgan fingerprint density at radius 1 is 1.47 bits per heavy atom. The minimum atomic E-state index is -0.101. The van der Waals surface area contributed by atoms with Crippen LogP contribution in [0.3, 0.4) is 0 Å². The smallest absolute Gasteiger partial charge is 0.248 e. The van der Waals surface area contributed by atoms with Gasteiger partial charge in [-0.25, -0.2) is 4.31 Å². The van der Waals surface area contributed by atoms with Gasteiger partial charge < -0.3 is 10.4 Å². The molecule has 0 saturated carbocycles. The van der Waals surface area contributed by atoms with Crippen molar-refractivity contribution < 1.29 is 9.90 Å². The number of aliphatic hydroxyl groups excluding tert-OH is 1. The van der Waals surface area contributed by atoms with Crippen molar-refractivity contribution in [3.63, 3.8) is 0 Å². The number of nitrogens with one attached hydrogen (secondary N) is 1. The molecular formula is C13H15IN2O2S. The summed E-state index contributed by atoms with van der Waals surface area (Å²) in [6, 6.07) is 9.96. The molecule has 0 radical (unpaired) electrons. The number of carbonyl (C=O) groups is 1. The Labute approximate surface area is 129 Å². The van der Waals surface area contributed by atoms with E-state index in [1.165, 1.54) is 0 Å². The zero-order valence-electron chi connectivity index (χ0n) is 10.3. The van der Waals surface area contributed by atoms with Crippen LogP contribution in [0.1, 0.15) is 11.6 Å². The molecule has 1 aliphatic heterocycles. The number of benzene rings is 1. The fraction of sp³-hybridized carbons (Fsp3) is 0.308. The van der Waals surface area contributed by atoms with Crippen LogP contribution < -0.4 is 5.32 Å². The number of amides is 1. The van der Waals surface area contributed by atoms with Gasteiger partial charge in [0.15, 0.2) is 0 Å². The molecule has 102 valence electrons. The predicted molar refractivity (Wildman–Crippen MR) is 85.7 cm³/mol. The summed E-state index contributed by atoms with van der Waals surface area (Å²) >= 11 is 2.23. The first-order chi connectivity index (χ1) is 9.27. The zero-order chi connectivity index (χ0) is 13.7. The van der Waals surface area contributed by atoms with Crippen molar-refractivity contribution in [1.29, 1.82) is 0 Å². The van der Waals surface area contributed by atoms with Crippen LogP contribution in [0, 0.1) is 0 Å². The summed E-state index contributed by atoms with van der Waals surface area (Å²) in [6.45, 7) is 0.990. The van der Waals surface area contributed by atoms with Crippen LogP contribution in [0.2, 0.25) is 0 Å². The van der Waals surface area contributed by atoms with E-state index in [1.54, 1.807) is 9.12 Å². The highest BCUT2D eigenvalue weighted by molar-refractivity contribution is 14.2. The van der Waals surface area contributed by atoms with Gasteiger partial charge in [0.2, 0.25) is 5.91 Å². The number of aliphatic hydroxyl groups is 1. The molecule has 2 N–H and O–H groups in total. The topological polar surface area (TPSA) is 52.6 Å². The molecule has 1 aromatic carbocycles. The Morgan fingerprint density at radius 2 is 2.21 bits per heavy atom. The average Bonchev–Trinajstić information content (AvgIpc) is 2.89. The number of rotatable bonds is 5. The lowest BCUT2D eigenvalue weighted by atomic mass is 10.0. The normalized spacial score (nSPS) is 19.3. The van der Waals surface area contributed by atoms with Crippen molar-refractivity contribution >= 4 is 36.2 Å². The molecule has 19 heavy (non-hydrogen) atoms.